The summed E-state index contributed by atoms with van der Waals surface area (Å²) in [6.45, 7) is 2.54. The van der Waals surface area contributed by atoms with Gasteiger partial charge in [-0.15, -0.1) is 0 Å². The van der Waals surface area contributed by atoms with Gasteiger partial charge in [-0.1, -0.05) is 37.3 Å². The minimum Gasteiger partial charge on any atom is -0.354 e. The molecule has 3 amide bonds. The summed E-state index contributed by atoms with van der Waals surface area (Å²) in [5.41, 5.74) is 2.39. The van der Waals surface area contributed by atoms with E-state index in [1.54, 1.807) is 31.2 Å². The molecule has 0 bridgehead atoms. The van der Waals surface area contributed by atoms with Gasteiger partial charge >= 0.3 is 0 Å². The summed E-state index contributed by atoms with van der Waals surface area (Å²) in [7, 11) is 0. The fraction of sp³-hybridized carbons (Fsp3) is 0.318. The number of nitrogens with one attached hydrogen (secondary N) is 3. The Morgan fingerprint density at radius 1 is 0.821 bits per heavy atom. The van der Waals surface area contributed by atoms with Crippen molar-refractivity contribution in [3.8, 4) is 0 Å². The molecular weight excluding hydrogens is 354 g/mol. The Kier molecular flexibility index (Phi) is 8.72. The van der Waals surface area contributed by atoms with Crippen LogP contribution in [-0.2, 0) is 16.0 Å². The first-order chi connectivity index (χ1) is 13.6. The zero-order chi connectivity index (χ0) is 20.2. The summed E-state index contributed by atoms with van der Waals surface area (Å²) in [6.07, 6.45) is 2.52. The molecule has 2 rings (SSSR count). The minimum absolute atomic E-state index is 0.0419. The van der Waals surface area contributed by atoms with Crippen LogP contribution in [0.2, 0.25) is 0 Å². The average molecular weight is 381 g/mol. The van der Waals surface area contributed by atoms with Gasteiger partial charge in [0.25, 0.3) is 5.91 Å². The number of carbonyl (C=O) groups excluding carboxylic acids is 3. The van der Waals surface area contributed by atoms with Crippen molar-refractivity contribution in [2.45, 2.75) is 32.6 Å². The maximum absolute atomic E-state index is 12.1. The molecule has 0 aliphatic heterocycles. The number of hydrogen-bond acceptors (Lipinski definition) is 3. The SMILES string of the molecule is CCC(=O)NCCNC(=O)c1ccc(NC(=O)CCCc2ccccc2)cc1. The molecule has 0 unspecified atom stereocenters. The Bertz CT molecular complexity index is 773. The fourth-order valence-electron chi connectivity index (χ4n) is 2.63. The van der Waals surface area contributed by atoms with Gasteiger partial charge < -0.3 is 16.0 Å². The molecule has 3 N–H and O–H groups in total. The maximum atomic E-state index is 12.1. The third kappa shape index (κ3) is 7.61. The molecule has 0 heterocycles. The number of benzene rings is 2. The molecule has 148 valence electrons. The lowest BCUT2D eigenvalue weighted by molar-refractivity contribution is -0.120. The van der Waals surface area contributed by atoms with Gasteiger partial charge in [0.1, 0.15) is 0 Å². The number of hydrogen-bond donors (Lipinski definition) is 3. The molecule has 6 heteroatoms. The van der Waals surface area contributed by atoms with Crippen molar-refractivity contribution in [2.24, 2.45) is 0 Å². The maximum Gasteiger partial charge on any atom is 0.251 e. The van der Waals surface area contributed by atoms with Gasteiger partial charge in [0.2, 0.25) is 11.8 Å². The van der Waals surface area contributed by atoms with Crippen molar-refractivity contribution < 1.29 is 14.4 Å². The van der Waals surface area contributed by atoms with Gasteiger partial charge in [-0.2, -0.15) is 0 Å². The summed E-state index contributed by atoms with van der Waals surface area (Å²) >= 11 is 0. The largest absolute Gasteiger partial charge is 0.354 e. The van der Waals surface area contributed by atoms with Crippen LogP contribution in [-0.4, -0.2) is 30.8 Å². The Morgan fingerprint density at radius 3 is 2.18 bits per heavy atom. The highest BCUT2D eigenvalue weighted by Gasteiger charge is 2.07. The third-order valence-electron chi connectivity index (χ3n) is 4.20. The molecular formula is C22H27N3O3. The standard InChI is InChI=1S/C22H27N3O3/c1-2-20(26)23-15-16-24-22(28)18-11-13-19(14-12-18)25-21(27)10-6-9-17-7-4-3-5-8-17/h3-5,7-8,11-14H,2,6,9-10,15-16H2,1H3,(H,23,26)(H,24,28)(H,25,27). The van der Waals surface area contributed by atoms with Crippen molar-refractivity contribution in [1.29, 1.82) is 0 Å². The van der Waals surface area contributed by atoms with Crippen molar-refractivity contribution >= 4 is 23.4 Å². The minimum atomic E-state index is -0.216. The van der Waals surface area contributed by atoms with E-state index in [4.69, 9.17) is 0 Å². The quantitative estimate of drug-likeness (QED) is 0.553. The molecule has 0 aliphatic rings. The van der Waals surface area contributed by atoms with Gasteiger partial charge in [-0.3, -0.25) is 14.4 Å². The smallest absolute Gasteiger partial charge is 0.251 e. The third-order valence-corrected chi connectivity index (χ3v) is 4.20. The van der Waals surface area contributed by atoms with Crippen LogP contribution in [0.4, 0.5) is 5.69 Å². The average Bonchev–Trinajstić information content (AvgIpc) is 2.72. The highest BCUT2D eigenvalue weighted by molar-refractivity contribution is 5.95. The molecule has 0 saturated carbocycles. The lowest BCUT2D eigenvalue weighted by Gasteiger charge is -2.08. The second kappa shape index (κ2) is 11.5. The van der Waals surface area contributed by atoms with Crippen molar-refractivity contribution in [3.63, 3.8) is 0 Å². The predicted octanol–water partition coefficient (Wildman–Crippen LogP) is 2.90. The summed E-state index contributed by atoms with van der Waals surface area (Å²) in [6, 6.07) is 16.8. The summed E-state index contributed by atoms with van der Waals surface area (Å²) in [4.78, 5) is 35.2. The molecule has 6 nitrogen and oxygen atoms in total. The summed E-state index contributed by atoms with van der Waals surface area (Å²) in [5, 5.41) is 8.28. The van der Waals surface area contributed by atoms with Crippen LogP contribution >= 0.6 is 0 Å². The Morgan fingerprint density at radius 2 is 1.50 bits per heavy atom. The van der Waals surface area contributed by atoms with E-state index in [9.17, 15) is 14.4 Å². The first kappa shape index (κ1) is 21.2. The zero-order valence-corrected chi connectivity index (χ0v) is 16.2. The second-order valence-corrected chi connectivity index (χ2v) is 6.42. The second-order valence-electron chi connectivity index (χ2n) is 6.42. The number of aryl methyl sites for hydroxylation is 1. The molecule has 2 aromatic rings. The van der Waals surface area contributed by atoms with E-state index in [-0.39, 0.29) is 17.7 Å². The molecule has 0 atom stereocenters. The first-order valence-corrected chi connectivity index (χ1v) is 9.57. The topological polar surface area (TPSA) is 87.3 Å². The Balaban J connectivity index is 1.70. The summed E-state index contributed by atoms with van der Waals surface area (Å²) < 4.78 is 0. The molecule has 0 spiro atoms. The van der Waals surface area contributed by atoms with Crippen LogP contribution in [0.3, 0.4) is 0 Å². The Hall–Kier alpha value is -3.15. The predicted molar refractivity (Wildman–Crippen MR) is 110 cm³/mol. The first-order valence-electron chi connectivity index (χ1n) is 9.57. The van der Waals surface area contributed by atoms with Crippen LogP contribution in [0.1, 0.15) is 42.1 Å². The number of anilines is 1. The molecule has 0 saturated heterocycles. The monoisotopic (exact) mass is 381 g/mol. The molecule has 2 aromatic carbocycles. The van der Waals surface area contributed by atoms with Crippen LogP contribution in [0.5, 0.6) is 0 Å². The van der Waals surface area contributed by atoms with E-state index in [0.29, 0.717) is 37.2 Å². The molecule has 0 radical (unpaired) electrons. The normalized spacial score (nSPS) is 10.2. The summed E-state index contributed by atoms with van der Waals surface area (Å²) in [5.74, 6) is -0.301. The zero-order valence-electron chi connectivity index (χ0n) is 16.2. The van der Waals surface area contributed by atoms with Gasteiger partial charge in [0.15, 0.2) is 0 Å². The van der Waals surface area contributed by atoms with Crippen LogP contribution in [0.15, 0.2) is 54.6 Å². The van der Waals surface area contributed by atoms with Gasteiger partial charge in [-0.25, -0.2) is 0 Å². The van der Waals surface area contributed by atoms with Gasteiger partial charge in [-0.05, 0) is 42.7 Å². The van der Waals surface area contributed by atoms with E-state index in [1.807, 2.05) is 18.2 Å². The fourth-order valence-corrected chi connectivity index (χ4v) is 2.63. The van der Waals surface area contributed by atoms with E-state index >= 15 is 0 Å². The molecule has 0 aromatic heterocycles. The van der Waals surface area contributed by atoms with E-state index in [2.05, 4.69) is 28.1 Å². The van der Waals surface area contributed by atoms with E-state index < -0.39 is 0 Å². The Labute approximate surface area is 165 Å². The van der Waals surface area contributed by atoms with Gasteiger partial charge in [0.05, 0.1) is 0 Å². The molecule has 0 fully saturated rings. The van der Waals surface area contributed by atoms with Crippen molar-refractivity contribution in [1.82, 2.24) is 10.6 Å². The van der Waals surface area contributed by atoms with Crippen LogP contribution in [0, 0.1) is 0 Å². The number of amides is 3. The van der Waals surface area contributed by atoms with Crippen molar-refractivity contribution in [2.75, 3.05) is 18.4 Å². The lowest BCUT2D eigenvalue weighted by atomic mass is 10.1. The van der Waals surface area contributed by atoms with Gasteiger partial charge in [0, 0.05) is 37.2 Å². The lowest BCUT2D eigenvalue weighted by Crippen LogP contribution is -2.34. The molecule has 28 heavy (non-hydrogen) atoms. The molecule has 0 aliphatic carbocycles. The van der Waals surface area contributed by atoms with Crippen LogP contribution < -0.4 is 16.0 Å². The van der Waals surface area contributed by atoms with E-state index in [1.165, 1.54) is 5.56 Å². The van der Waals surface area contributed by atoms with E-state index in [0.717, 1.165) is 12.8 Å². The number of carbonyl (C=O) groups is 3. The highest BCUT2D eigenvalue weighted by atomic mass is 16.2. The highest BCUT2D eigenvalue weighted by Crippen LogP contribution is 2.11. The van der Waals surface area contributed by atoms with Crippen molar-refractivity contribution in [3.05, 3.63) is 65.7 Å². The van der Waals surface area contributed by atoms with Crippen LogP contribution in [0.25, 0.3) is 0 Å². The number of rotatable bonds is 10.